The molecule has 1 N–H and O–H groups in total. The second kappa shape index (κ2) is 6.57. The van der Waals surface area contributed by atoms with E-state index in [4.69, 9.17) is 11.6 Å². The van der Waals surface area contributed by atoms with Crippen LogP contribution in [0.3, 0.4) is 0 Å². The van der Waals surface area contributed by atoms with Crippen LogP contribution in [0.1, 0.15) is 28.0 Å². The first-order valence-corrected chi connectivity index (χ1v) is 8.90. The van der Waals surface area contributed by atoms with Gasteiger partial charge in [0.2, 0.25) is 0 Å². The van der Waals surface area contributed by atoms with E-state index in [0.717, 1.165) is 6.07 Å². The number of fused-ring (bicyclic) bond motifs is 3. The number of alkyl halides is 3. The summed E-state index contributed by atoms with van der Waals surface area (Å²) < 4.78 is 41.8. The van der Waals surface area contributed by atoms with Gasteiger partial charge < -0.3 is 9.88 Å². The summed E-state index contributed by atoms with van der Waals surface area (Å²) in [6.07, 6.45) is -3.91. The summed E-state index contributed by atoms with van der Waals surface area (Å²) in [5.74, 6) is -0.245. The highest BCUT2D eigenvalue weighted by Crippen LogP contribution is 2.39. The maximum atomic E-state index is 13.3. The average Bonchev–Trinajstić information content (AvgIpc) is 2.92. The zero-order chi connectivity index (χ0) is 20.1. The van der Waals surface area contributed by atoms with Crippen molar-refractivity contribution in [2.45, 2.75) is 19.1 Å². The molecular formula is C20H13ClF3N3O. The maximum absolute atomic E-state index is 13.3. The number of carbonyl (C=O) groups excluding carboxylic acids is 1. The second-order valence-electron chi connectivity index (χ2n) is 6.56. The number of benzene rings is 2. The Morgan fingerprint density at radius 3 is 2.68 bits per heavy atom. The van der Waals surface area contributed by atoms with Crippen LogP contribution in [0.5, 0.6) is 0 Å². The monoisotopic (exact) mass is 403 g/mol. The summed E-state index contributed by atoms with van der Waals surface area (Å²) in [6, 6.07) is 10.5. The number of aryl methyl sites for hydroxylation is 1. The van der Waals surface area contributed by atoms with Crippen LogP contribution >= 0.6 is 11.6 Å². The van der Waals surface area contributed by atoms with Gasteiger partial charge in [-0.25, -0.2) is 0 Å². The number of hydrogen-bond donors (Lipinski definition) is 1. The fraction of sp³-hybridized carbons (Fsp3) is 0.200. The Hall–Kier alpha value is -2.98. The van der Waals surface area contributed by atoms with Crippen molar-refractivity contribution in [3.05, 3.63) is 58.2 Å². The van der Waals surface area contributed by atoms with Gasteiger partial charge in [-0.05, 0) is 42.3 Å². The molecule has 0 saturated heterocycles. The smallest absolute Gasteiger partial charge is 0.351 e. The lowest BCUT2D eigenvalue weighted by molar-refractivity contribution is -0.137. The molecule has 0 aliphatic carbocycles. The third-order valence-electron chi connectivity index (χ3n) is 4.78. The highest BCUT2D eigenvalue weighted by atomic mass is 35.5. The van der Waals surface area contributed by atoms with Gasteiger partial charge >= 0.3 is 6.18 Å². The number of nitrogens with one attached hydrogen (secondary N) is 1. The van der Waals surface area contributed by atoms with Crippen LogP contribution in [0.4, 0.5) is 13.2 Å². The minimum Gasteiger partial charge on any atom is -0.351 e. The van der Waals surface area contributed by atoms with E-state index in [1.807, 2.05) is 6.07 Å². The van der Waals surface area contributed by atoms with Gasteiger partial charge in [0.1, 0.15) is 5.69 Å². The largest absolute Gasteiger partial charge is 0.417 e. The Morgan fingerprint density at radius 2 is 1.96 bits per heavy atom. The first kappa shape index (κ1) is 18.4. The quantitative estimate of drug-likeness (QED) is 0.622. The summed E-state index contributed by atoms with van der Waals surface area (Å²) >= 11 is 5.75. The molecule has 4 rings (SSSR count). The number of rotatable bonds is 1. The Morgan fingerprint density at radius 1 is 1.18 bits per heavy atom. The van der Waals surface area contributed by atoms with Crippen LogP contribution in [0.25, 0.3) is 22.0 Å². The summed E-state index contributed by atoms with van der Waals surface area (Å²) in [4.78, 5) is 12.3. The third kappa shape index (κ3) is 3.00. The molecule has 0 spiro atoms. The number of aromatic nitrogens is 1. The van der Waals surface area contributed by atoms with Crippen molar-refractivity contribution in [2.24, 2.45) is 0 Å². The SMILES string of the molecule is N#Cc1cc(-c2ccc(Cl)c(C(F)(F)F)c2)c2c(c1)cc1n2CCCNC1=O. The molecule has 1 amide bonds. The van der Waals surface area contributed by atoms with Crippen LogP contribution in [0.2, 0.25) is 5.02 Å². The highest BCUT2D eigenvalue weighted by Gasteiger charge is 2.33. The van der Waals surface area contributed by atoms with Crippen LogP contribution < -0.4 is 5.32 Å². The van der Waals surface area contributed by atoms with Gasteiger partial charge in [-0.2, -0.15) is 18.4 Å². The van der Waals surface area contributed by atoms with Crippen LogP contribution in [0, 0.1) is 11.3 Å². The molecule has 0 radical (unpaired) electrons. The molecule has 0 fully saturated rings. The fourth-order valence-electron chi connectivity index (χ4n) is 3.56. The molecule has 2 heterocycles. The molecule has 0 bridgehead atoms. The van der Waals surface area contributed by atoms with E-state index in [2.05, 4.69) is 5.32 Å². The zero-order valence-electron chi connectivity index (χ0n) is 14.4. The van der Waals surface area contributed by atoms with E-state index < -0.39 is 16.8 Å². The molecule has 1 aromatic heterocycles. The standard InChI is InChI=1S/C20H13ClF3N3O/c21-16-3-2-12(8-15(16)20(22,23)24)14-7-11(10-25)6-13-9-17-19(28)26-4-1-5-27(17)18(13)14/h2-3,6-9H,1,4-5H2,(H,26,28). The molecule has 0 saturated carbocycles. The summed E-state index contributed by atoms with van der Waals surface area (Å²) in [5, 5.41) is 12.4. The predicted molar refractivity (Wildman–Crippen MR) is 99.1 cm³/mol. The first-order chi connectivity index (χ1) is 13.3. The second-order valence-corrected chi connectivity index (χ2v) is 6.96. The Balaban J connectivity index is 2.04. The number of halogens is 4. The van der Waals surface area contributed by atoms with Crippen molar-refractivity contribution in [1.29, 1.82) is 5.26 Å². The van der Waals surface area contributed by atoms with Gasteiger partial charge in [-0.15, -0.1) is 0 Å². The van der Waals surface area contributed by atoms with E-state index >= 15 is 0 Å². The maximum Gasteiger partial charge on any atom is 0.417 e. The number of amides is 1. The third-order valence-corrected chi connectivity index (χ3v) is 5.11. The van der Waals surface area contributed by atoms with E-state index in [1.165, 1.54) is 12.1 Å². The summed E-state index contributed by atoms with van der Waals surface area (Å²) in [7, 11) is 0. The normalized spacial score (nSPS) is 14.3. The van der Waals surface area contributed by atoms with Gasteiger partial charge in [-0.1, -0.05) is 17.7 Å². The van der Waals surface area contributed by atoms with Crippen molar-refractivity contribution in [3.63, 3.8) is 0 Å². The van der Waals surface area contributed by atoms with Gasteiger partial charge in [0.05, 0.1) is 27.7 Å². The molecule has 28 heavy (non-hydrogen) atoms. The molecule has 3 aromatic rings. The highest BCUT2D eigenvalue weighted by molar-refractivity contribution is 6.31. The van der Waals surface area contributed by atoms with Crippen LogP contribution in [0.15, 0.2) is 36.4 Å². The molecular weight excluding hydrogens is 391 g/mol. The Kier molecular flexibility index (Phi) is 4.31. The van der Waals surface area contributed by atoms with Crippen molar-refractivity contribution in [2.75, 3.05) is 6.54 Å². The Labute approximate surface area is 163 Å². The van der Waals surface area contributed by atoms with Crippen molar-refractivity contribution >= 4 is 28.4 Å². The van der Waals surface area contributed by atoms with E-state index in [0.29, 0.717) is 47.2 Å². The zero-order valence-corrected chi connectivity index (χ0v) is 15.2. The minimum absolute atomic E-state index is 0.245. The molecule has 1 aliphatic rings. The molecule has 0 atom stereocenters. The van der Waals surface area contributed by atoms with Crippen molar-refractivity contribution < 1.29 is 18.0 Å². The van der Waals surface area contributed by atoms with Crippen LogP contribution in [-0.4, -0.2) is 17.0 Å². The number of nitrogens with zero attached hydrogens (tertiary/aromatic N) is 2. The van der Waals surface area contributed by atoms with Crippen LogP contribution in [-0.2, 0) is 12.7 Å². The van der Waals surface area contributed by atoms with Crippen molar-refractivity contribution in [1.82, 2.24) is 9.88 Å². The topological polar surface area (TPSA) is 57.8 Å². The molecule has 0 unspecified atom stereocenters. The molecule has 1 aliphatic heterocycles. The summed E-state index contributed by atoms with van der Waals surface area (Å²) in [6.45, 7) is 1.06. The number of nitriles is 1. The lowest BCUT2D eigenvalue weighted by Crippen LogP contribution is -2.22. The minimum atomic E-state index is -4.60. The lowest BCUT2D eigenvalue weighted by atomic mass is 9.98. The fourth-order valence-corrected chi connectivity index (χ4v) is 3.78. The molecule has 2 aromatic carbocycles. The number of hydrogen-bond acceptors (Lipinski definition) is 2. The van der Waals surface area contributed by atoms with Crippen molar-refractivity contribution in [3.8, 4) is 17.2 Å². The predicted octanol–water partition coefficient (Wildman–Crippen LogP) is 4.99. The number of carbonyl (C=O) groups is 1. The van der Waals surface area contributed by atoms with Gasteiger partial charge in [-0.3, -0.25) is 4.79 Å². The van der Waals surface area contributed by atoms with E-state index in [9.17, 15) is 23.2 Å². The Bertz CT molecular complexity index is 1160. The average molecular weight is 404 g/mol. The van der Waals surface area contributed by atoms with E-state index in [1.54, 1.807) is 22.8 Å². The van der Waals surface area contributed by atoms with Gasteiger partial charge in [0, 0.05) is 24.0 Å². The van der Waals surface area contributed by atoms with E-state index in [-0.39, 0.29) is 11.5 Å². The molecule has 142 valence electrons. The molecule has 4 nitrogen and oxygen atoms in total. The first-order valence-electron chi connectivity index (χ1n) is 8.52. The summed E-state index contributed by atoms with van der Waals surface area (Å²) in [5.41, 5.74) is 1.15. The molecule has 8 heteroatoms. The lowest BCUT2D eigenvalue weighted by Gasteiger charge is -2.14. The van der Waals surface area contributed by atoms with Gasteiger partial charge in [0.25, 0.3) is 5.91 Å². The van der Waals surface area contributed by atoms with Gasteiger partial charge in [0.15, 0.2) is 0 Å².